The molecule has 0 saturated heterocycles. The van der Waals surface area contributed by atoms with E-state index < -0.39 is 0 Å². The first-order valence-electron chi connectivity index (χ1n) is 9.83. The van der Waals surface area contributed by atoms with Crippen LogP contribution in [0.1, 0.15) is 29.9 Å². The van der Waals surface area contributed by atoms with Crippen molar-refractivity contribution >= 4 is 16.7 Å². The summed E-state index contributed by atoms with van der Waals surface area (Å²) in [5.41, 5.74) is 4.60. The van der Waals surface area contributed by atoms with Crippen LogP contribution in [-0.2, 0) is 0 Å². The summed E-state index contributed by atoms with van der Waals surface area (Å²) in [4.78, 5) is 23.7. The van der Waals surface area contributed by atoms with E-state index in [1.165, 1.54) is 11.1 Å². The minimum Gasteiger partial charge on any atom is -0.496 e. The Morgan fingerprint density at radius 1 is 1.07 bits per heavy atom. The summed E-state index contributed by atoms with van der Waals surface area (Å²) in [5, 5.41) is 4.41. The van der Waals surface area contributed by atoms with E-state index in [-0.39, 0.29) is 11.6 Å². The molecular formula is C24H24N4O2. The molecule has 2 heterocycles. The summed E-state index contributed by atoms with van der Waals surface area (Å²) in [6, 6.07) is 15.8. The Bertz CT molecular complexity index is 1280. The molecule has 0 aliphatic carbocycles. The van der Waals surface area contributed by atoms with Crippen LogP contribution in [0.2, 0.25) is 0 Å². The maximum absolute atomic E-state index is 11.8. The Kier molecular flexibility index (Phi) is 5.23. The van der Waals surface area contributed by atoms with Crippen molar-refractivity contribution in [1.29, 1.82) is 0 Å². The van der Waals surface area contributed by atoms with E-state index in [1.54, 1.807) is 19.4 Å². The zero-order chi connectivity index (χ0) is 21.3. The fourth-order valence-electron chi connectivity index (χ4n) is 3.62. The topological polar surface area (TPSA) is 79.9 Å². The number of benzene rings is 2. The Morgan fingerprint density at radius 3 is 2.63 bits per heavy atom. The van der Waals surface area contributed by atoms with Gasteiger partial charge in [0.15, 0.2) is 0 Å². The number of aryl methyl sites for hydroxylation is 2. The standard InChI is InChI=1S/C24H24N4O2/c1-14-6-5-7-17(10-14)15(2)26-24-20-12-19(18-8-9-25-23(29)11-18)22(30-4)13-21(20)27-16(3)28-24/h5-13,15H,1-4H3,(H,25,29)(H,26,27,28)/t15-/m1/s1. The number of aromatic amines is 1. The number of aromatic nitrogens is 3. The first-order valence-corrected chi connectivity index (χ1v) is 9.83. The van der Waals surface area contributed by atoms with Gasteiger partial charge in [0.2, 0.25) is 5.56 Å². The second-order valence-electron chi connectivity index (χ2n) is 7.41. The van der Waals surface area contributed by atoms with Gasteiger partial charge in [-0.05, 0) is 44.0 Å². The van der Waals surface area contributed by atoms with Gasteiger partial charge >= 0.3 is 0 Å². The number of rotatable bonds is 5. The van der Waals surface area contributed by atoms with Gasteiger partial charge in [0.1, 0.15) is 17.4 Å². The summed E-state index contributed by atoms with van der Waals surface area (Å²) in [5.74, 6) is 2.08. The van der Waals surface area contributed by atoms with Gasteiger partial charge in [-0.3, -0.25) is 4.79 Å². The SMILES string of the molecule is COc1cc2nc(C)nc(N[C@H](C)c3cccc(C)c3)c2cc1-c1cc[nH]c(=O)c1. The average molecular weight is 400 g/mol. The van der Waals surface area contributed by atoms with Crippen LogP contribution in [-0.4, -0.2) is 22.1 Å². The number of methoxy groups -OCH3 is 1. The maximum atomic E-state index is 11.8. The van der Waals surface area contributed by atoms with Gasteiger partial charge in [-0.25, -0.2) is 9.97 Å². The van der Waals surface area contributed by atoms with Gasteiger partial charge in [-0.2, -0.15) is 0 Å². The van der Waals surface area contributed by atoms with Gasteiger partial charge < -0.3 is 15.0 Å². The van der Waals surface area contributed by atoms with E-state index >= 15 is 0 Å². The molecule has 6 nitrogen and oxygen atoms in total. The van der Waals surface area contributed by atoms with Gasteiger partial charge in [0, 0.05) is 35.3 Å². The molecule has 2 aromatic heterocycles. The van der Waals surface area contributed by atoms with Crippen LogP contribution in [0.4, 0.5) is 5.82 Å². The molecule has 2 aromatic carbocycles. The van der Waals surface area contributed by atoms with Crippen molar-refractivity contribution in [3.63, 3.8) is 0 Å². The molecule has 152 valence electrons. The number of hydrogen-bond donors (Lipinski definition) is 2. The molecule has 4 rings (SSSR count). The van der Waals surface area contributed by atoms with Crippen LogP contribution in [0, 0.1) is 13.8 Å². The highest BCUT2D eigenvalue weighted by Crippen LogP contribution is 2.36. The van der Waals surface area contributed by atoms with Crippen molar-refractivity contribution in [1.82, 2.24) is 15.0 Å². The molecule has 0 saturated carbocycles. The fourth-order valence-corrected chi connectivity index (χ4v) is 3.62. The van der Waals surface area contributed by atoms with E-state index in [0.717, 1.165) is 27.8 Å². The molecule has 2 N–H and O–H groups in total. The lowest BCUT2D eigenvalue weighted by atomic mass is 10.0. The van der Waals surface area contributed by atoms with E-state index in [9.17, 15) is 4.79 Å². The molecule has 0 spiro atoms. The van der Waals surface area contributed by atoms with E-state index in [2.05, 4.69) is 58.4 Å². The molecule has 6 heteroatoms. The predicted molar refractivity (Wildman–Crippen MR) is 120 cm³/mol. The van der Waals surface area contributed by atoms with Crippen molar-refractivity contribution in [3.05, 3.63) is 82.0 Å². The largest absolute Gasteiger partial charge is 0.496 e. The van der Waals surface area contributed by atoms with E-state index in [1.807, 2.05) is 25.1 Å². The van der Waals surface area contributed by atoms with E-state index in [4.69, 9.17) is 4.74 Å². The summed E-state index contributed by atoms with van der Waals surface area (Å²) < 4.78 is 5.60. The third kappa shape index (κ3) is 3.89. The molecule has 0 amide bonds. The van der Waals surface area contributed by atoms with Crippen LogP contribution < -0.4 is 15.6 Å². The summed E-state index contributed by atoms with van der Waals surface area (Å²) in [7, 11) is 1.62. The number of H-pyrrole nitrogens is 1. The molecular weight excluding hydrogens is 376 g/mol. The smallest absolute Gasteiger partial charge is 0.248 e. The third-order valence-electron chi connectivity index (χ3n) is 5.11. The number of pyridine rings is 1. The number of nitrogens with one attached hydrogen (secondary N) is 2. The molecule has 4 aromatic rings. The zero-order valence-electron chi connectivity index (χ0n) is 17.5. The molecule has 0 aliphatic heterocycles. The van der Waals surface area contributed by atoms with Crippen molar-refractivity contribution in [2.75, 3.05) is 12.4 Å². The molecule has 0 bridgehead atoms. The van der Waals surface area contributed by atoms with Gasteiger partial charge in [0.25, 0.3) is 0 Å². The van der Waals surface area contributed by atoms with Crippen molar-refractivity contribution in [3.8, 4) is 16.9 Å². The average Bonchev–Trinajstić information content (AvgIpc) is 2.72. The third-order valence-corrected chi connectivity index (χ3v) is 5.11. The fraction of sp³-hybridized carbons (Fsp3) is 0.208. The normalized spacial score (nSPS) is 12.0. The Morgan fingerprint density at radius 2 is 1.90 bits per heavy atom. The first-order chi connectivity index (χ1) is 14.4. The number of hydrogen-bond acceptors (Lipinski definition) is 5. The van der Waals surface area contributed by atoms with Gasteiger partial charge in [-0.1, -0.05) is 29.8 Å². The number of anilines is 1. The number of fused-ring (bicyclic) bond motifs is 1. The summed E-state index contributed by atoms with van der Waals surface area (Å²) >= 11 is 0. The van der Waals surface area contributed by atoms with Gasteiger partial charge in [-0.15, -0.1) is 0 Å². The zero-order valence-corrected chi connectivity index (χ0v) is 17.5. The lowest BCUT2D eigenvalue weighted by Crippen LogP contribution is -2.10. The van der Waals surface area contributed by atoms with Gasteiger partial charge in [0.05, 0.1) is 12.6 Å². The van der Waals surface area contributed by atoms with Crippen LogP contribution in [0.15, 0.2) is 59.5 Å². The number of nitrogens with zero attached hydrogens (tertiary/aromatic N) is 2. The van der Waals surface area contributed by atoms with Crippen LogP contribution in [0.25, 0.3) is 22.0 Å². The monoisotopic (exact) mass is 400 g/mol. The highest BCUT2D eigenvalue weighted by atomic mass is 16.5. The van der Waals surface area contributed by atoms with Crippen LogP contribution in [0.5, 0.6) is 5.75 Å². The quantitative estimate of drug-likeness (QED) is 0.504. The maximum Gasteiger partial charge on any atom is 0.248 e. The predicted octanol–water partition coefficient (Wildman–Crippen LogP) is 4.78. The summed E-state index contributed by atoms with van der Waals surface area (Å²) in [6.07, 6.45) is 1.63. The summed E-state index contributed by atoms with van der Waals surface area (Å²) in [6.45, 7) is 6.07. The Labute approximate surface area is 175 Å². The second-order valence-corrected chi connectivity index (χ2v) is 7.41. The first kappa shape index (κ1) is 19.6. The molecule has 0 radical (unpaired) electrons. The molecule has 0 aliphatic rings. The van der Waals surface area contributed by atoms with E-state index in [0.29, 0.717) is 11.6 Å². The highest BCUT2D eigenvalue weighted by molar-refractivity contribution is 5.95. The highest BCUT2D eigenvalue weighted by Gasteiger charge is 2.15. The molecule has 0 unspecified atom stereocenters. The Balaban J connectivity index is 1.85. The van der Waals surface area contributed by atoms with Crippen molar-refractivity contribution in [2.24, 2.45) is 0 Å². The second kappa shape index (κ2) is 7.99. The van der Waals surface area contributed by atoms with Crippen molar-refractivity contribution < 1.29 is 4.74 Å². The van der Waals surface area contributed by atoms with Crippen LogP contribution in [0.3, 0.4) is 0 Å². The Hall–Kier alpha value is -3.67. The molecule has 0 fully saturated rings. The lowest BCUT2D eigenvalue weighted by molar-refractivity contribution is 0.417. The minimum atomic E-state index is -0.166. The minimum absolute atomic E-state index is 0.0625. The van der Waals surface area contributed by atoms with Crippen LogP contribution >= 0.6 is 0 Å². The van der Waals surface area contributed by atoms with Crippen molar-refractivity contribution in [2.45, 2.75) is 26.8 Å². The molecule has 1 atom stereocenters. The molecule has 30 heavy (non-hydrogen) atoms. The number of ether oxygens (including phenoxy) is 1. The lowest BCUT2D eigenvalue weighted by Gasteiger charge is -2.18.